The Bertz CT molecular complexity index is 1140. The SMILES string of the molecule is Cc1ccc(N2C(=O)NC(=O)/C(=C/c3ccc(-c4ccc(Br)cc4)o3)C2=O)cc1. The normalized spacial score (nSPS) is 15.7. The number of rotatable bonds is 3. The molecule has 3 aromatic rings. The van der Waals surface area contributed by atoms with Gasteiger partial charge in [-0.1, -0.05) is 45.8 Å². The standard InChI is InChI=1S/C22H15BrN2O4/c1-13-2-8-16(9-3-13)25-21(27)18(20(26)24-22(25)28)12-17-10-11-19(29-17)14-4-6-15(23)7-5-14/h2-12H,1H3,(H,24,26,28)/b18-12-. The van der Waals surface area contributed by atoms with Gasteiger partial charge in [0.15, 0.2) is 0 Å². The van der Waals surface area contributed by atoms with E-state index in [1.54, 1.807) is 36.4 Å². The number of anilines is 1. The van der Waals surface area contributed by atoms with Crippen LogP contribution in [0.3, 0.4) is 0 Å². The molecule has 7 heteroatoms. The zero-order valence-corrected chi connectivity index (χ0v) is 16.9. The van der Waals surface area contributed by atoms with Crippen LogP contribution >= 0.6 is 15.9 Å². The summed E-state index contributed by atoms with van der Waals surface area (Å²) in [5, 5.41) is 2.20. The van der Waals surface area contributed by atoms with Gasteiger partial charge in [0, 0.05) is 10.0 Å². The van der Waals surface area contributed by atoms with Crippen molar-refractivity contribution < 1.29 is 18.8 Å². The summed E-state index contributed by atoms with van der Waals surface area (Å²) in [7, 11) is 0. The van der Waals surface area contributed by atoms with Crippen LogP contribution < -0.4 is 10.2 Å². The first kappa shape index (κ1) is 18.9. The number of imide groups is 2. The summed E-state index contributed by atoms with van der Waals surface area (Å²) in [5.41, 5.74) is 2.05. The Kier molecular flexibility index (Phi) is 4.90. The van der Waals surface area contributed by atoms with Gasteiger partial charge in [-0.15, -0.1) is 0 Å². The van der Waals surface area contributed by atoms with Crippen molar-refractivity contribution in [3.63, 3.8) is 0 Å². The molecular formula is C22H15BrN2O4. The predicted molar refractivity (Wildman–Crippen MR) is 112 cm³/mol. The fourth-order valence-electron chi connectivity index (χ4n) is 2.93. The first-order valence-corrected chi connectivity index (χ1v) is 9.55. The van der Waals surface area contributed by atoms with Crippen molar-refractivity contribution in [1.29, 1.82) is 0 Å². The molecule has 0 unspecified atom stereocenters. The van der Waals surface area contributed by atoms with Gasteiger partial charge in [0.2, 0.25) is 0 Å². The number of nitrogens with zero attached hydrogens (tertiary/aromatic N) is 1. The van der Waals surface area contributed by atoms with Crippen LogP contribution in [0.5, 0.6) is 0 Å². The second-order valence-electron chi connectivity index (χ2n) is 6.50. The van der Waals surface area contributed by atoms with Crippen molar-refractivity contribution in [2.45, 2.75) is 6.92 Å². The molecule has 0 atom stereocenters. The second-order valence-corrected chi connectivity index (χ2v) is 7.42. The number of carbonyl (C=O) groups is 3. The summed E-state index contributed by atoms with van der Waals surface area (Å²) in [6.07, 6.45) is 1.34. The molecule has 0 bridgehead atoms. The molecule has 0 radical (unpaired) electrons. The summed E-state index contributed by atoms with van der Waals surface area (Å²) < 4.78 is 6.71. The Morgan fingerprint density at radius 3 is 2.31 bits per heavy atom. The molecule has 4 amide bonds. The highest BCUT2D eigenvalue weighted by Crippen LogP contribution is 2.27. The number of amides is 4. The van der Waals surface area contributed by atoms with Crippen molar-refractivity contribution in [1.82, 2.24) is 5.32 Å². The largest absolute Gasteiger partial charge is 0.457 e. The molecule has 1 saturated heterocycles. The molecule has 1 aliphatic rings. The first-order valence-electron chi connectivity index (χ1n) is 8.76. The quantitative estimate of drug-likeness (QED) is 0.463. The predicted octanol–water partition coefficient (Wildman–Crippen LogP) is 4.68. The highest BCUT2D eigenvalue weighted by atomic mass is 79.9. The summed E-state index contributed by atoms with van der Waals surface area (Å²) in [6.45, 7) is 1.90. The molecule has 1 aliphatic heterocycles. The van der Waals surface area contributed by atoms with Crippen molar-refractivity contribution in [3.8, 4) is 11.3 Å². The third-order valence-corrected chi connectivity index (χ3v) is 4.96. The van der Waals surface area contributed by atoms with Gasteiger partial charge in [-0.05, 0) is 49.4 Å². The van der Waals surface area contributed by atoms with E-state index in [0.29, 0.717) is 17.2 Å². The third kappa shape index (κ3) is 3.77. The van der Waals surface area contributed by atoms with E-state index < -0.39 is 17.8 Å². The maximum absolute atomic E-state index is 12.9. The number of aryl methyl sites for hydroxylation is 1. The van der Waals surface area contributed by atoms with E-state index in [4.69, 9.17) is 4.42 Å². The van der Waals surface area contributed by atoms with E-state index in [0.717, 1.165) is 20.5 Å². The minimum absolute atomic E-state index is 0.179. The van der Waals surface area contributed by atoms with Crippen molar-refractivity contribution in [3.05, 3.63) is 82.0 Å². The van der Waals surface area contributed by atoms with Gasteiger partial charge in [-0.25, -0.2) is 9.69 Å². The van der Waals surface area contributed by atoms with Crippen LogP contribution in [0.15, 0.2) is 75.1 Å². The molecular weight excluding hydrogens is 436 g/mol. The minimum Gasteiger partial charge on any atom is -0.457 e. The molecule has 0 spiro atoms. The lowest BCUT2D eigenvalue weighted by molar-refractivity contribution is -0.122. The number of urea groups is 1. The molecule has 6 nitrogen and oxygen atoms in total. The molecule has 144 valence electrons. The van der Waals surface area contributed by atoms with Gasteiger partial charge in [-0.2, -0.15) is 0 Å². The van der Waals surface area contributed by atoms with Crippen LogP contribution in [0.1, 0.15) is 11.3 Å². The van der Waals surface area contributed by atoms with Gasteiger partial charge in [0.05, 0.1) is 5.69 Å². The Morgan fingerprint density at radius 1 is 0.931 bits per heavy atom. The molecule has 1 fully saturated rings. The summed E-state index contributed by atoms with van der Waals surface area (Å²) in [6, 6.07) is 17.1. The average molecular weight is 451 g/mol. The molecule has 1 aromatic heterocycles. The summed E-state index contributed by atoms with van der Waals surface area (Å²) >= 11 is 3.38. The number of benzene rings is 2. The van der Waals surface area contributed by atoms with Crippen LogP contribution in [-0.4, -0.2) is 17.8 Å². The van der Waals surface area contributed by atoms with Crippen LogP contribution in [0, 0.1) is 6.92 Å². The van der Waals surface area contributed by atoms with Gasteiger partial charge in [-0.3, -0.25) is 14.9 Å². The second kappa shape index (κ2) is 7.52. The smallest absolute Gasteiger partial charge is 0.335 e. The lowest BCUT2D eigenvalue weighted by atomic mass is 10.1. The average Bonchev–Trinajstić information content (AvgIpc) is 3.16. The van der Waals surface area contributed by atoms with Gasteiger partial charge in [0.25, 0.3) is 11.8 Å². The Hall–Kier alpha value is -3.45. The molecule has 4 rings (SSSR count). The van der Waals surface area contributed by atoms with Crippen LogP contribution in [-0.2, 0) is 9.59 Å². The fraction of sp³-hybridized carbons (Fsp3) is 0.0455. The zero-order valence-electron chi connectivity index (χ0n) is 15.3. The van der Waals surface area contributed by atoms with Gasteiger partial charge in [0.1, 0.15) is 17.1 Å². The van der Waals surface area contributed by atoms with Crippen LogP contribution in [0.4, 0.5) is 10.5 Å². The molecule has 2 aromatic carbocycles. The monoisotopic (exact) mass is 450 g/mol. The number of barbiturate groups is 1. The molecule has 29 heavy (non-hydrogen) atoms. The van der Waals surface area contributed by atoms with E-state index in [1.807, 2.05) is 31.2 Å². The Labute approximate surface area is 174 Å². The number of carbonyl (C=O) groups excluding carboxylic acids is 3. The van der Waals surface area contributed by atoms with E-state index in [1.165, 1.54) is 6.08 Å². The number of furan rings is 1. The van der Waals surface area contributed by atoms with Gasteiger partial charge >= 0.3 is 6.03 Å². The Balaban J connectivity index is 1.66. The lowest BCUT2D eigenvalue weighted by Crippen LogP contribution is -2.54. The van der Waals surface area contributed by atoms with Crippen LogP contribution in [0.25, 0.3) is 17.4 Å². The van der Waals surface area contributed by atoms with Crippen molar-refractivity contribution >= 4 is 45.5 Å². The summed E-state index contributed by atoms with van der Waals surface area (Å²) in [4.78, 5) is 38.3. The van der Waals surface area contributed by atoms with Crippen LogP contribution in [0.2, 0.25) is 0 Å². The molecule has 0 aliphatic carbocycles. The van der Waals surface area contributed by atoms with E-state index in [9.17, 15) is 14.4 Å². The molecule has 1 N–H and O–H groups in total. The highest BCUT2D eigenvalue weighted by Gasteiger charge is 2.37. The fourth-order valence-corrected chi connectivity index (χ4v) is 3.19. The molecule has 0 saturated carbocycles. The third-order valence-electron chi connectivity index (χ3n) is 4.44. The number of hydrogen-bond acceptors (Lipinski definition) is 4. The topological polar surface area (TPSA) is 79.6 Å². The maximum Gasteiger partial charge on any atom is 0.335 e. The lowest BCUT2D eigenvalue weighted by Gasteiger charge is -2.26. The van der Waals surface area contributed by atoms with Crippen molar-refractivity contribution in [2.24, 2.45) is 0 Å². The van der Waals surface area contributed by atoms with Gasteiger partial charge < -0.3 is 4.42 Å². The summed E-state index contributed by atoms with van der Waals surface area (Å²) in [5.74, 6) is -0.534. The van der Waals surface area contributed by atoms with E-state index >= 15 is 0 Å². The Morgan fingerprint density at radius 2 is 1.62 bits per heavy atom. The zero-order chi connectivity index (χ0) is 20.5. The van der Waals surface area contributed by atoms with E-state index in [-0.39, 0.29) is 5.57 Å². The van der Waals surface area contributed by atoms with E-state index in [2.05, 4.69) is 21.2 Å². The number of hydrogen-bond donors (Lipinski definition) is 1. The highest BCUT2D eigenvalue weighted by molar-refractivity contribution is 9.10. The minimum atomic E-state index is -0.781. The first-order chi connectivity index (χ1) is 13.9. The van der Waals surface area contributed by atoms with Crippen molar-refractivity contribution in [2.75, 3.05) is 4.90 Å². The number of halogens is 1. The number of nitrogens with one attached hydrogen (secondary N) is 1. The molecule has 2 heterocycles. The maximum atomic E-state index is 12.9.